The van der Waals surface area contributed by atoms with Gasteiger partial charge in [-0.25, -0.2) is 4.79 Å². The van der Waals surface area contributed by atoms with Gasteiger partial charge in [-0.3, -0.25) is 0 Å². The fraction of sp³-hybridized carbons (Fsp3) is 0.235. The molecule has 1 heterocycles. The number of nitrogens with one attached hydrogen (secondary N) is 1. The van der Waals surface area contributed by atoms with E-state index in [1.54, 1.807) is 35.7 Å². The SMILES string of the molecule is CSc1cccc(NC(=O)N2CCSC2c2ccc(Cl)cc2Cl)c1. The van der Waals surface area contributed by atoms with Crippen molar-refractivity contribution in [3.63, 3.8) is 0 Å². The molecule has 1 N–H and O–H groups in total. The third-order valence-corrected chi connectivity index (χ3v) is 6.23. The normalized spacial score (nSPS) is 17.1. The van der Waals surface area contributed by atoms with Crippen LogP contribution in [0.15, 0.2) is 47.4 Å². The zero-order valence-corrected chi connectivity index (χ0v) is 16.1. The number of thioether (sulfide) groups is 2. The van der Waals surface area contributed by atoms with E-state index in [0.717, 1.165) is 21.9 Å². The van der Waals surface area contributed by atoms with Gasteiger partial charge in [-0.15, -0.1) is 23.5 Å². The average Bonchev–Trinajstić information content (AvgIpc) is 3.04. The lowest BCUT2D eigenvalue weighted by Crippen LogP contribution is -2.34. The largest absolute Gasteiger partial charge is 0.323 e. The fourth-order valence-electron chi connectivity index (χ4n) is 2.53. The maximum atomic E-state index is 12.7. The first-order valence-corrected chi connectivity index (χ1v) is 10.4. The zero-order chi connectivity index (χ0) is 17.1. The van der Waals surface area contributed by atoms with E-state index in [-0.39, 0.29) is 11.4 Å². The van der Waals surface area contributed by atoms with Gasteiger partial charge in [-0.1, -0.05) is 35.3 Å². The number of benzene rings is 2. The van der Waals surface area contributed by atoms with E-state index in [9.17, 15) is 4.79 Å². The molecule has 0 spiro atoms. The first-order chi connectivity index (χ1) is 11.6. The highest BCUT2D eigenvalue weighted by atomic mass is 35.5. The van der Waals surface area contributed by atoms with Gasteiger partial charge in [0.1, 0.15) is 5.37 Å². The number of nitrogens with zero attached hydrogens (tertiary/aromatic N) is 1. The second kappa shape index (κ2) is 7.91. The van der Waals surface area contributed by atoms with Gasteiger partial charge in [0, 0.05) is 38.5 Å². The van der Waals surface area contributed by atoms with Crippen LogP contribution in [0, 0.1) is 0 Å². The standard InChI is InChI=1S/C17H16Cl2N2OS2/c1-23-13-4-2-3-12(10-13)20-17(22)21-7-8-24-16(21)14-6-5-11(18)9-15(14)19/h2-6,9-10,16H,7-8H2,1H3,(H,20,22). The number of carbonyl (C=O) groups excluding carboxylic acids is 1. The van der Waals surface area contributed by atoms with Crippen LogP contribution in [-0.2, 0) is 0 Å². The van der Waals surface area contributed by atoms with E-state index in [0.29, 0.717) is 16.6 Å². The van der Waals surface area contributed by atoms with E-state index >= 15 is 0 Å². The summed E-state index contributed by atoms with van der Waals surface area (Å²) in [5, 5.41) is 4.06. The third-order valence-electron chi connectivity index (χ3n) is 3.70. The number of rotatable bonds is 3. The predicted octanol–water partition coefficient (Wildman–Crippen LogP) is 5.99. The number of halogens is 2. The van der Waals surface area contributed by atoms with Crippen LogP contribution in [0.1, 0.15) is 10.9 Å². The Morgan fingerprint density at radius 3 is 2.88 bits per heavy atom. The van der Waals surface area contributed by atoms with Gasteiger partial charge in [-0.2, -0.15) is 0 Å². The Morgan fingerprint density at radius 1 is 1.29 bits per heavy atom. The minimum Gasteiger partial charge on any atom is -0.308 e. The lowest BCUT2D eigenvalue weighted by Gasteiger charge is -2.25. The number of urea groups is 1. The van der Waals surface area contributed by atoms with Crippen molar-refractivity contribution in [1.29, 1.82) is 0 Å². The Hall–Kier alpha value is -1.01. The fourth-order valence-corrected chi connectivity index (χ4v) is 4.86. The van der Waals surface area contributed by atoms with E-state index in [1.807, 2.05) is 41.5 Å². The summed E-state index contributed by atoms with van der Waals surface area (Å²) in [7, 11) is 0. The second-order valence-corrected chi connectivity index (χ2v) is 8.16. The summed E-state index contributed by atoms with van der Waals surface area (Å²) in [5.41, 5.74) is 1.71. The molecule has 0 aliphatic carbocycles. The van der Waals surface area contributed by atoms with Crippen molar-refractivity contribution in [2.45, 2.75) is 10.3 Å². The molecule has 7 heteroatoms. The highest BCUT2D eigenvalue weighted by molar-refractivity contribution is 7.99. The molecule has 2 aromatic carbocycles. The molecule has 2 amide bonds. The van der Waals surface area contributed by atoms with Gasteiger partial charge in [0.25, 0.3) is 0 Å². The van der Waals surface area contributed by atoms with Crippen molar-refractivity contribution >= 4 is 58.4 Å². The maximum absolute atomic E-state index is 12.7. The molecule has 1 fully saturated rings. The molecular weight excluding hydrogens is 383 g/mol. The molecule has 2 aromatic rings. The summed E-state index contributed by atoms with van der Waals surface area (Å²) < 4.78 is 0. The number of hydrogen-bond acceptors (Lipinski definition) is 3. The second-order valence-electron chi connectivity index (χ2n) is 5.24. The van der Waals surface area contributed by atoms with E-state index in [2.05, 4.69) is 5.32 Å². The van der Waals surface area contributed by atoms with E-state index < -0.39 is 0 Å². The Labute approximate surface area is 160 Å². The van der Waals surface area contributed by atoms with Crippen LogP contribution in [0.25, 0.3) is 0 Å². The quantitative estimate of drug-likeness (QED) is 0.643. The molecule has 0 radical (unpaired) electrons. The highest BCUT2D eigenvalue weighted by Gasteiger charge is 2.32. The number of amides is 2. The number of anilines is 1. The van der Waals surface area contributed by atoms with Crippen LogP contribution in [0.2, 0.25) is 10.0 Å². The molecule has 1 atom stereocenters. The van der Waals surface area contributed by atoms with Crippen LogP contribution < -0.4 is 5.32 Å². The Morgan fingerprint density at radius 2 is 2.12 bits per heavy atom. The molecule has 3 rings (SSSR count). The summed E-state index contributed by atoms with van der Waals surface area (Å²) in [6.45, 7) is 0.683. The van der Waals surface area contributed by atoms with Gasteiger partial charge in [0.15, 0.2) is 0 Å². The first-order valence-electron chi connectivity index (χ1n) is 7.36. The minimum absolute atomic E-state index is 0.0986. The molecule has 0 bridgehead atoms. The molecule has 1 saturated heterocycles. The van der Waals surface area contributed by atoms with Crippen LogP contribution in [0.5, 0.6) is 0 Å². The minimum atomic E-state index is -0.116. The molecule has 1 aliphatic heterocycles. The Balaban J connectivity index is 1.78. The Bertz CT molecular complexity index is 757. The van der Waals surface area contributed by atoms with Crippen molar-refractivity contribution < 1.29 is 4.79 Å². The maximum Gasteiger partial charge on any atom is 0.323 e. The predicted molar refractivity (Wildman–Crippen MR) is 106 cm³/mol. The zero-order valence-electron chi connectivity index (χ0n) is 13.0. The smallest absolute Gasteiger partial charge is 0.308 e. The summed E-state index contributed by atoms with van der Waals surface area (Å²) >= 11 is 15.6. The van der Waals surface area contributed by atoms with Crippen LogP contribution >= 0.6 is 46.7 Å². The van der Waals surface area contributed by atoms with Crippen LogP contribution in [0.3, 0.4) is 0 Å². The lowest BCUT2D eigenvalue weighted by atomic mass is 10.2. The van der Waals surface area contributed by atoms with Gasteiger partial charge in [-0.05, 0) is 36.6 Å². The van der Waals surface area contributed by atoms with Crippen LogP contribution in [-0.4, -0.2) is 29.5 Å². The molecule has 24 heavy (non-hydrogen) atoms. The van der Waals surface area contributed by atoms with Crippen molar-refractivity contribution in [2.75, 3.05) is 23.9 Å². The summed E-state index contributed by atoms with van der Waals surface area (Å²) in [6.07, 6.45) is 2.01. The molecule has 1 aliphatic rings. The number of hydrogen-bond donors (Lipinski definition) is 1. The summed E-state index contributed by atoms with van der Waals surface area (Å²) in [6, 6.07) is 13.1. The van der Waals surface area contributed by atoms with Crippen molar-refractivity contribution in [2.24, 2.45) is 0 Å². The molecular formula is C17H16Cl2N2OS2. The van der Waals surface area contributed by atoms with Crippen molar-refractivity contribution in [3.8, 4) is 0 Å². The van der Waals surface area contributed by atoms with Gasteiger partial charge < -0.3 is 10.2 Å². The van der Waals surface area contributed by atoms with Gasteiger partial charge in [0.2, 0.25) is 0 Å². The summed E-state index contributed by atoms with van der Waals surface area (Å²) in [5.74, 6) is 0.877. The van der Waals surface area contributed by atoms with Gasteiger partial charge >= 0.3 is 6.03 Å². The van der Waals surface area contributed by atoms with Crippen molar-refractivity contribution in [3.05, 3.63) is 58.1 Å². The van der Waals surface area contributed by atoms with E-state index in [4.69, 9.17) is 23.2 Å². The van der Waals surface area contributed by atoms with Gasteiger partial charge in [0.05, 0.1) is 0 Å². The first kappa shape index (κ1) is 17.8. The average molecular weight is 399 g/mol. The molecule has 1 unspecified atom stereocenters. The monoisotopic (exact) mass is 398 g/mol. The molecule has 0 aromatic heterocycles. The lowest BCUT2D eigenvalue weighted by molar-refractivity contribution is 0.214. The highest BCUT2D eigenvalue weighted by Crippen LogP contribution is 2.41. The van der Waals surface area contributed by atoms with E-state index in [1.165, 1.54) is 0 Å². The molecule has 0 saturated carbocycles. The number of carbonyl (C=O) groups is 1. The topological polar surface area (TPSA) is 32.3 Å². The molecule has 3 nitrogen and oxygen atoms in total. The molecule has 126 valence electrons. The van der Waals surface area contributed by atoms with Crippen LogP contribution in [0.4, 0.5) is 10.5 Å². The summed E-state index contributed by atoms with van der Waals surface area (Å²) in [4.78, 5) is 15.6. The Kier molecular flexibility index (Phi) is 5.87. The third kappa shape index (κ3) is 3.97. The van der Waals surface area contributed by atoms with Crippen molar-refractivity contribution in [1.82, 2.24) is 4.90 Å².